The van der Waals surface area contributed by atoms with Gasteiger partial charge in [-0.15, -0.1) is 0 Å². The smallest absolute Gasteiger partial charge is 0.191 e. The van der Waals surface area contributed by atoms with E-state index in [1.54, 1.807) is 0 Å². The highest BCUT2D eigenvalue weighted by Crippen LogP contribution is 2.17. The number of aryl methyl sites for hydroxylation is 1. The van der Waals surface area contributed by atoms with Gasteiger partial charge in [0, 0.05) is 31.5 Å². The van der Waals surface area contributed by atoms with Gasteiger partial charge in [0.15, 0.2) is 11.8 Å². The maximum atomic E-state index is 13.8. The number of hydrogen-bond acceptors (Lipinski definition) is 3. The van der Waals surface area contributed by atoms with E-state index in [0.29, 0.717) is 30.4 Å². The van der Waals surface area contributed by atoms with Gasteiger partial charge in [-0.05, 0) is 43.5 Å². The fourth-order valence-corrected chi connectivity index (χ4v) is 3.23. The van der Waals surface area contributed by atoms with Gasteiger partial charge in [0.2, 0.25) is 0 Å². The molecule has 0 amide bonds. The molecule has 2 N–H and O–H groups in total. The predicted octanol–water partition coefficient (Wildman–Crippen LogP) is 2.79. The lowest BCUT2D eigenvalue weighted by molar-refractivity contribution is 0.391. The molecule has 3 rings (SSSR count). The van der Waals surface area contributed by atoms with Crippen molar-refractivity contribution in [2.45, 2.75) is 58.5 Å². The van der Waals surface area contributed by atoms with Gasteiger partial charge in [-0.25, -0.2) is 18.4 Å². The third-order valence-corrected chi connectivity index (χ3v) is 4.73. The molecule has 28 heavy (non-hydrogen) atoms. The Labute approximate surface area is 164 Å². The summed E-state index contributed by atoms with van der Waals surface area (Å²) in [6.07, 6.45) is 2.15. The Kier molecular flexibility index (Phi) is 6.59. The Morgan fingerprint density at radius 3 is 2.93 bits per heavy atom. The summed E-state index contributed by atoms with van der Waals surface area (Å²) in [5, 5.41) is 11.2. The van der Waals surface area contributed by atoms with E-state index in [1.165, 1.54) is 6.07 Å². The van der Waals surface area contributed by atoms with E-state index in [9.17, 15) is 8.78 Å². The van der Waals surface area contributed by atoms with Gasteiger partial charge in [0.1, 0.15) is 17.5 Å². The van der Waals surface area contributed by atoms with Crippen molar-refractivity contribution in [2.75, 3.05) is 13.1 Å². The minimum atomic E-state index is -0.433. The molecule has 0 saturated carbocycles. The second-order valence-corrected chi connectivity index (χ2v) is 7.35. The van der Waals surface area contributed by atoms with Crippen LogP contribution in [0.4, 0.5) is 8.78 Å². The summed E-state index contributed by atoms with van der Waals surface area (Å²) in [5.41, 5.74) is 0.339. The van der Waals surface area contributed by atoms with E-state index in [2.05, 4.69) is 39.6 Å². The highest BCUT2D eigenvalue weighted by atomic mass is 19.1. The zero-order chi connectivity index (χ0) is 20.1. The maximum absolute atomic E-state index is 13.8. The van der Waals surface area contributed by atoms with Crippen molar-refractivity contribution in [1.29, 1.82) is 0 Å². The normalized spacial score (nSPS) is 16.9. The zero-order valence-electron chi connectivity index (χ0n) is 16.7. The minimum absolute atomic E-state index is 0.193. The molecule has 1 atom stereocenters. The van der Waals surface area contributed by atoms with Crippen LogP contribution < -0.4 is 10.6 Å². The summed E-state index contributed by atoms with van der Waals surface area (Å²) in [7, 11) is 0. The summed E-state index contributed by atoms with van der Waals surface area (Å²) < 4.78 is 29.0. The van der Waals surface area contributed by atoms with Gasteiger partial charge in [-0.2, -0.15) is 5.10 Å². The molecule has 6 nitrogen and oxygen atoms in total. The SMILES string of the molecule is CCNC(=NCCc1cc(F)ccc1F)NC1CCc2nc(C(C)C)nn2C1. The molecular formula is C20H28F2N6. The first-order valence-electron chi connectivity index (χ1n) is 9.88. The maximum Gasteiger partial charge on any atom is 0.191 e. The molecule has 1 aliphatic heterocycles. The van der Waals surface area contributed by atoms with E-state index in [-0.39, 0.29) is 6.04 Å². The molecular weight excluding hydrogens is 362 g/mol. The van der Waals surface area contributed by atoms with Crippen LogP contribution in [0.25, 0.3) is 0 Å². The lowest BCUT2D eigenvalue weighted by Crippen LogP contribution is -2.47. The molecule has 0 saturated heterocycles. The number of hydrogen-bond donors (Lipinski definition) is 2. The van der Waals surface area contributed by atoms with Gasteiger partial charge in [0.05, 0.1) is 6.54 Å². The quantitative estimate of drug-likeness (QED) is 0.588. The Bertz CT molecular complexity index is 830. The average Bonchev–Trinajstić information content (AvgIpc) is 3.08. The number of halogens is 2. The second kappa shape index (κ2) is 9.12. The third-order valence-electron chi connectivity index (χ3n) is 4.73. The number of rotatable bonds is 6. The van der Waals surface area contributed by atoms with Crippen molar-refractivity contribution >= 4 is 5.96 Å². The number of guanidine groups is 1. The summed E-state index contributed by atoms with van der Waals surface area (Å²) in [4.78, 5) is 9.13. The number of aromatic nitrogens is 3. The zero-order valence-corrected chi connectivity index (χ0v) is 16.7. The second-order valence-electron chi connectivity index (χ2n) is 7.35. The largest absolute Gasteiger partial charge is 0.357 e. The number of aliphatic imine (C=N–C) groups is 1. The van der Waals surface area contributed by atoms with Crippen LogP contribution in [-0.2, 0) is 19.4 Å². The average molecular weight is 390 g/mol. The molecule has 0 bridgehead atoms. The van der Waals surface area contributed by atoms with Crippen molar-refractivity contribution < 1.29 is 8.78 Å². The van der Waals surface area contributed by atoms with Gasteiger partial charge in [0.25, 0.3) is 0 Å². The molecule has 8 heteroatoms. The monoisotopic (exact) mass is 390 g/mol. The Morgan fingerprint density at radius 2 is 2.18 bits per heavy atom. The topological polar surface area (TPSA) is 67.1 Å². The van der Waals surface area contributed by atoms with Crippen molar-refractivity contribution in [3.63, 3.8) is 0 Å². The van der Waals surface area contributed by atoms with Gasteiger partial charge in [-0.1, -0.05) is 13.8 Å². The third kappa shape index (κ3) is 5.05. The molecule has 1 aromatic heterocycles. The van der Waals surface area contributed by atoms with Crippen molar-refractivity contribution in [3.8, 4) is 0 Å². The first kappa shape index (κ1) is 20.2. The van der Waals surface area contributed by atoms with E-state index in [0.717, 1.165) is 49.7 Å². The number of fused-ring (bicyclic) bond motifs is 1. The van der Waals surface area contributed by atoms with E-state index in [1.807, 2.05) is 11.6 Å². The molecule has 152 valence electrons. The lowest BCUT2D eigenvalue weighted by Gasteiger charge is -2.25. The molecule has 0 radical (unpaired) electrons. The van der Waals surface area contributed by atoms with Crippen LogP contribution >= 0.6 is 0 Å². The molecule has 0 spiro atoms. The Hall–Kier alpha value is -2.51. The van der Waals surface area contributed by atoms with E-state index < -0.39 is 11.6 Å². The number of nitrogens with zero attached hydrogens (tertiary/aromatic N) is 4. The Morgan fingerprint density at radius 1 is 1.36 bits per heavy atom. The predicted molar refractivity (Wildman–Crippen MR) is 105 cm³/mol. The summed E-state index contributed by atoms with van der Waals surface area (Å²) in [6.45, 7) is 8.00. The van der Waals surface area contributed by atoms with Crippen molar-refractivity contribution in [1.82, 2.24) is 25.4 Å². The summed E-state index contributed by atoms with van der Waals surface area (Å²) in [6, 6.07) is 3.70. The van der Waals surface area contributed by atoms with E-state index in [4.69, 9.17) is 0 Å². The fourth-order valence-electron chi connectivity index (χ4n) is 3.23. The summed E-state index contributed by atoms with van der Waals surface area (Å²) in [5.74, 6) is 2.07. The highest BCUT2D eigenvalue weighted by molar-refractivity contribution is 5.80. The van der Waals surface area contributed by atoms with Crippen LogP contribution in [0.1, 0.15) is 50.3 Å². The first-order chi connectivity index (χ1) is 13.5. The highest BCUT2D eigenvalue weighted by Gasteiger charge is 2.23. The van der Waals surface area contributed by atoms with E-state index >= 15 is 0 Å². The molecule has 1 unspecified atom stereocenters. The van der Waals surface area contributed by atoms with Crippen LogP contribution in [0.5, 0.6) is 0 Å². The summed E-state index contributed by atoms with van der Waals surface area (Å²) >= 11 is 0. The fraction of sp³-hybridized carbons (Fsp3) is 0.550. The standard InChI is InChI=1S/C20H28F2N6/c1-4-23-20(24-10-9-14-11-15(21)5-7-17(14)22)25-16-6-8-18-26-19(13(2)3)27-28(18)12-16/h5,7,11,13,16H,4,6,8-10,12H2,1-3H3,(H2,23,24,25). The molecule has 2 heterocycles. The van der Waals surface area contributed by atoms with Crippen LogP contribution in [0.15, 0.2) is 23.2 Å². The minimum Gasteiger partial charge on any atom is -0.357 e. The number of nitrogens with one attached hydrogen (secondary N) is 2. The Balaban J connectivity index is 1.61. The van der Waals surface area contributed by atoms with Gasteiger partial charge >= 0.3 is 0 Å². The molecule has 2 aromatic rings. The van der Waals surface area contributed by atoms with Crippen LogP contribution in [0, 0.1) is 11.6 Å². The number of benzene rings is 1. The first-order valence-corrected chi connectivity index (χ1v) is 9.88. The van der Waals surface area contributed by atoms with Crippen LogP contribution in [0.2, 0.25) is 0 Å². The molecule has 1 aromatic carbocycles. The lowest BCUT2D eigenvalue weighted by atomic mass is 10.1. The van der Waals surface area contributed by atoms with Crippen molar-refractivity contribution in [3.05, 3.63) is 47.0 Å². The van der Waals surface area contributed by atoms with Gasteiger partial charge in [-0.3, -0.25) is 4.99 Å². The van der Waals surface area contributed by atoms with Gasteiger partial charge < -0.3 is 10.6 Å². The van der Waals surface area contributed by atoms with Crippen LogP contribution in [-0.4, -0.2) is 39.9 Å². The molecule has 1 aliphatic rings. The van der Waals surface area contributed by atoms with Crippen molar-refractivity contribution in [2.24, 2.45) is 4.99 Å². The molecule has 0 fully saturated rings. The molecule has 0 aliphatic carbocycles. The van der Waals surface area contributed by atoms with Crippen LogP contribution in [0.3, 0.4) is 0 Å².